The minimum Gasteiger partial charge on any atom is -0.309 e. The first-order chi connectivity index (χ1) is 13.8. The van der Waals surface area contributed by atoms with Gasteiger partial charge in [-0.15, -0.1) is 0 Å². The molecule has 1 aliphatic heterocycles. The number of rotatable bonds is 1. The van der Waals surface area contributed by atoms with Gasteiger partial charge in [-0.1, -0.05) is 48.5 Å². The molecule has 0 saturated carbocycles. The van der Waals surface area contributed by atoms with E-state index in [0.29, 0.717) is 0 Å². The summed E-state index contributed by atoms with van der Waals surface area (Å²) < 4.78 is 0. The van der Waals surface area contributed by atoms with E-state index in [4.69, 9.17) is 4.98 Å². The molecule has 0 unspecified atom stereocenters. The number of pyridine rings is 1. The number of nitrogens with zero attached hydrogens (tertiary/aromatic N) is 2. The van der Waals surface area contributed by atoms with Crippen molar-refractivity contribution in [2.45, 2.75) is 6.92 Å². The highest BCUT2D eigenvalue weighted by atomic mass is 15.2. The van der Waals surface area contributed by atoms with E-state index in [2.05, 4.69) is 96.8 Å². The van der Waals surface area contributed by atoms with Crippen LogP contribution in [-0.2, 0) is 0 Å². The summed E-state index contributed by atoms with van der Waals surface area (Å²) in [6.07, 6.45) is 1.93. The average Bonchev–Trinajstić information content (AvgIpc) is 2.73. The van der Waals surface area contributed by atoms with E-state index in [0.717, 1.165) is 5.69 Å². The summed E-state index contributed by atoms with van der Waals surface area (Å²) in [5, 5.41) is 4.94. The molecular weight excluding hydrogens is 340 g/mol. The number of para-hydroxylation sites is 1. The third kappa shape index (κ3) is 2.12. The number of anilines is 3. The zero-order valence-corrected chi connectivity index (χ0v) is 15.6. The highest BCUT2D eigenvalue weighted by molar-refractivity contribution is 6.14. The quantitative estimate of drug-likeness (QED) is 0.310. The Hall–Kier alpha value is -3.65. The molecule has 5 aromatic rings. The number of benzene rings is 4. The number of hydrogen-bond acceptors (Lipinski definition) is 2. The van der Waals surface area contributed by atoms with Gasteiger partial charge in [0, 0.05) is 22.8 Å². The van der Waals surface area contributed by atoms with Crippen LogP contribution >= 0.6 is 0 Å². The Kier molecular flexibility index (Phi) is 3.12. The van der Waals surface area contributed by atoms with Crippen molar-refractivity contribution in [3.8, 4) is 11.3 Å². The zero-order chi connectivity index (χ0) is 18.7. The minimum atomic E-state index is 1.07. The lowest BCUT2D eigenvalue weighted by atomic mass is 9.92. The predicted molar refractivity (Wildman–Crippen MR) is 118 cm³/mol. The Morgan fingerprint density at radius 2 is 1.43 bits per heavy atom. The topological polar surface area (TPSA) is 16.1 Å². The maximum atomic E-state index is 4.82. The lowest BCUT2D eigenvalue weighted by molar-refractivity contribution is 1.25. The van der Waals surface area contributed by atoms with Crippen LogP contribution in [0.25, 0.3) is 32.8 Å². The van der Waals surface area contributed by atoms with Crippen LogP contribution in [0, 0.1) is 6.92 Å². The van der Waals surface area contributed by atoms with Gasteiger partial charge < -0.3 is 4.90 Å². The van der Waals surface area contributed by atoms with Gasteiger partial charge >= 0.3 is 0 Å². The summed E-state index contributed by atoms with van der Waals surface area (Å²) in [7, 11) is 0. The third-order valence-corrected chi connectivity index (χ3v) is 5.60. The fourth-order valence-corrected chi connectivity index (χ4v) is 4.41. The van der Waals surface area contributed by atoms with Crippen molar-refractivity contribution in [1.29, 1.82) is 0 Å². The lowest BCUT2D eigenvalue weighted by Crippen LogP contribution is -2.15. The van der Waals surface area contributed by atoms with Crippen molar-refractivity contribution in [3.63, 3.8) is 0 Å². The second-order valence-corrected chi connectivity index (χ2v) is 7.43. The van der Waals surface area contributed by atoms with Crippen molar-refractivity contribution in [3.05, 3.63) is 96.7 Å². The predicted octanol–water partition coefficient (Wildman–Crippen LogP) is 7.15. The van der Waals surface area contributed by atoms with Gasteiger partial charge in [0.25, 0.3) is 0 Å². The molecule has 0 bridgehead atoms. The molecule has 0 atom stereocenters. The van der Waals surface area contributed by atoms with E-state index in [9.17, 15) is 0 Å². The van der Waals surface area contributed by atoms with Crippen LogP contribution in [0.2, 0.25) is 0 Å². The van der Waals surface area contributed by atoms with Gasteiger partial charge in [-0.2, -0.15) is 0 Å². The van der Waals surface area contributed by atoms with Gasteiger partial charge in [0.2, 0.25) is 0 Å². The highest BCUT2D eigenvalue weighted by Crippen LogP contribution is 2.51. The van der Waals surface area contributed by atoms with Gasteiger partial charge in [-0.05, 0) is 65.0 Å². The number of hydrogen-bond donors (Lipinski definition) is 0. The maximum Gasteiger partial charge on any atom is 0.0822 e. The van der Waals surface area contributed by atoms with Crippen LogP contribution in [0.5, 0.6) is 0 Å². The molecule has 2 heteroatoms. The van der Waals surface area contributed by atoms with Gasteiger partial charge in [0.05, 0.1) is 17.1 Å². The summed E-state index contributed by atoms with van der Waals surface area (Å²) in [6.45, 7) is 2.16. The first-order valence-corrected chi connectivity index (χ1v) is 9.57. The standard InChI is InChI=1S/C26H18N2/c1-17-13-20-11-12-27-26-22-15-18-7-5-6-8-19(18)16-23(22)28(24(14-17)25(20)26)21-9-3-2-4-10-21/h2-16H,1H3. The molecular formula is C26H18N2. The SMILES string of the molecule is Cc1cc2c3c(nccc3c1)-c1cc3ccccc3cc1N2c1ccccc1. The van der Waals surface area contributed by atoms with Gasteiger partial charge in [0.1, 0.15) is 0 Å². The van der Waals surface area contributed by atoms with Crippen LogP contribution in [0.3, 0.4) is 0 Å². The van der Waals surface area contributed by atoms with Crippen LogP contribution in [-0.4, -0.2) is 4.98 Å². The molecule has 0 aliphatic carbocycles. The number of aryl methyl sites for hydroxylation is 1. The average molecular weight is 358 g/mol. The molecule has 0 N–H and O–H groups in total. The molecule has 0 spiro atoms. The van der Waals surface area contributed by atoms with Crippen molar-refractivity contribution in [1.82, 2.24) is 4.98 Å². The zero-order valence-electron chi connectivity index (χ0n) is 15.6. The van der Waals surface area contributed by atoms with Crippen LogP contribution in [0.1, 0.15) is 5.56 Å². The van der Waals surface area contributed by atoms with Gasteiger partial charge in [0.15, 0.2) is 0 Å². The Bertz CT molecular complexity index is 1370. The van der Waals surface area contributed by atoms with Gasteiger partial charge in [-0.25, -0.2) is 0 Å². The van der Waals surface area contributed by atoms with Crippen molar-refractivity contribution < 1.29 is 0 Å². The van der Waals surface area contributed by atoms with Crippen molar-refractivity contribution >= 4 is 38.6 Å². The lowest BCUT2D eigenvalue weighted by Gasteiger charge is -2.33. The second-order valence-electron chi connectivity index (χ2n) is 7.43. The summed E-state index contributed by atoms with van der Waals surface area (Å²) in [4.78, 5) is 7.20. The Balaban J connectivity index is 1.81. The van der Waals surface area contributed by atoms with Crippen LogP contribution in [0.4, 0.5) is 17.1 Å². The molecule has 6 rings (SSSR count). The van der Waals surface area contributed by atoms with Crippen molar-refractivity contribution in [2.24, 2.45) is 0 Å². The minimum absolute atomic E-state index is 1.07. The molecule has 0 saturated heterocycles. The van der Waals surface area contributed by atoms with E-state index in [1.54, 1.807) is 0 Å². The Labute approximate surface area is 163 Å². The normalized spacial score (nSPS) is 12.4. The van der Waals surface area contributed by atoms with E-state index < -0.39 is 0 Å². The molecule has 2 nitrogen and oxygen atoms in total. The first kappa shape index (κ1) is 15.4. The van der Waals surface area contributed by atoms with Crippen LogP contribution in [0.15, 0.2) is 91.1 Å². The molecule has 0 amide bonds. The first-order valence-electron chi connectivity index (χ1n) is 9.57. The molecule has 0 radical (unpaired) electrons. The Morgan fingerprint density at radius 3 is 2.25 bits per heavy atom. The van der Waals surface area contributed by atoms with Crippen LogP contribution < -0.4 is 4.90 Å². The fraction of sp³-hybridized carbons (Fsp3) is 0.0385. The van der Waals surface area contributed by atoms with E-state index in [-0.39, 0.29) is 0 Å². The fourth-order valence-electron chi connectivity index (χ4n) is 4.41. The summed E-state index contributed by atoms with van der Waals surface area (Å²) in [6, 6.07) is 30.4. The summed E-state index contributed by atoms with van der Waals surface area (Å²) in [5.41, 5.74) is 7.06. The third-order valence-electron chi connectivity index (χ3n) is 5.60. The molecule has 2 heterocycles. The van der Waals surface area contributed by atoms with E-state index >= 15 is 0 Å². The number of fused-ring (bicyclic) bond motifs is 3. The maximum absolute atomic E-state index is 4.82. The highest BCUT2D eigenvalue weighted by Gasteiger charge is 2.27. The smallest absolute Gasteiger partial charge is 0.0822 e. The van der Waals surface area contributed by atoms with Gasteiger partial charge in [-0.3, -0.25) is 4.98 Å². The van der Waals surface area contributed by atoms with E-state index in [1.165, 1.54) is 49.7 Å². The van der Waals surface area contributed by atoms with E-state index in [1.807, 2.05) is 6.20 Å². The molecule has 1 aromatic heterocycles. The number of aromatic nitrogens is 1. The largest absolute Gasteiger partial charge is 0.309 e. The molecule has 28 heavy (non-hydrogen) atoms. The molecule has 0 fully saturated rings. The Morgan fingerprint density at radius 1 is 0.679 bits per heavy atom. The summed E-state index contributed by atoms with van der Waals surface area (Å²) in [5.74, 6) is 0. The second kappa shape index (κ2) is 5.67. The van der Waals surface area contributed by atoms with Crippen molar-refractivity contribution in [2.75, 3.05) is 4.90 Å². The molecule has 1 aliphatic rings. The molecule has 132 valence electrons. The monoisotopic (exact) mass is 358 g/mol. The summed E-state index contributed by atoms with van der Waals surface area (Å²) >= 11 is 0. The molecule has 4 aromatic carbocycles.